The molecule has 1 aromatic rings. The van der Waals surface area contributed by atoms with Gasteiger partial charge in [-0.15, -0.1) is 0 Å². The zero-order chi connectivity index (χ0) is 12.5. The topological polar surface area (TPSA) is 20.3 Å². The van der Waals surface area contributed by atoms with Crippen molar-refractivity contribution < 1.29 is 4.79 Å². The molecular formula is C16H19NO. The lowest BCUT2D eigenvalue weighted by Crippen LogP contribution is -2.36. The first-order valence-corrected chi connectivity index (χ1v) is 6.88. The number of rotatable bonds is 3. The van der Waals surface area contributed by atoms with Gasteiger partial charge in [0.2, 0.25) is 5.91 Å². The van der Waals surface area contributed by atoms with E-state index in [1.807, 2.05) is 0 Å². The normalized spacial score (nSPS) is 25.8. The number of carbonyl (C=O) groups is 1. The second-order valence-electron chi connectivity index (χ2n) is 5.21. The molecule has 1 fully saturated rings. The highest BCUT2D eigenvalue weighted by atomic mass is 16.2. The van der Waals surface area contributed by atoms with E-state index in [4.69, 9.17) is 0 Å². The fraction of sp³-hybridized carbons (Fsp3) is 0.438. The smallest absolute Gasteiger partial charge is 0.222 e. The van der Waals surface area contributed by atoms with Crippen LogP contribution in [0.25, 0.3) is 6.08 Å². The minimum atomic E-state index is 0.333. The summed E-state index contributed by atoms with van der Waals surface area (Å²) in [5.41, 5.74) is 2.71. The Labute approximate surface area is 108 Å². The highest BCUT2D eigenvalue weighted by Crippen LogP contribution is 2.38. The molecular weight excluding hydrogens is 222 g/mol. The van der Waals surface area contributed by atoms with Crippen molar-refractivity contribution in [3.63, 3.8) is 0 Å². The van der Waals surface area contributed by atoms with E-state index in [-0.39, 0.29) is 0 Å². The highest BCUT2D eigenvalue weighted by molar-refractivity contribution is 5.79. The molecule has 0 bridgehead atoms. The van der Waals surface area contributed by atoms with Crippen LogP contribution in [0.15, 0.2) is 30.3 Å². The molecule has 0 saturated carbocycles. The molecule has 1 saturated heterocycles. The zero-order valence-corrected chi connectivity index (χ0v) is 10.8. The summed E-state index contributed by atoms with van der Waals surface area (Å²) in [6.45, 7) is 3.04. The standard InChI is InChI=1S/C16H19NO/c1-2-11-17-15(9-10-16(17)18)14-8-7-12-5-3-4-6-13(12)14/h3-8,14-15H,2,9-11H2,1H3. The van der Waals surface area contributed by atoms with E-state index >= 15 is 0 Å². The molecule has 2 unspecified atom stereocenters. The molecule has 2 heteroatoms. The maximum Gasteiger partial charge on any atom is 0.222 e. The summed E-state index contributed by atoms with van der Waals surface area (Å²) in [6.07, 6.45) is 7.24. The van der Waals surface area contributed by atoms with Gasteiger partial charge in [-0.05, 0) is 24.0 Å². The maximum absolute atomic E-state index is 11.9. The van der Waals surface area contributed by atoms with Gasteiger partial charge in [-0.3, -0.25) is 4.79 Å². The van der Waals surface area contributed by atoms with Crippen LogP contribution in [-0.2, 0) is 4.79 Å². The number of fused-ring (bicyclic) bond motifs is 1. The van der Waals surface area contributed by atoms with Gasteiger partial charge in [-0.1, -0.05) is 43.3 Å². The van der Waals surface area contributed by atoms with E-state index in [0.29, 0.717) is 17.9 Å². The van der Waals surface area contributed by atoms with Crippen LogP contribution in [-0.4, -0.2) is 23.4 Å². The van der Waals surface area contributed by atoms with Gasteiger partial charge in [0.25, 0.3) is 0 Å². The third-order valence-corrected chi connectivity index (χ3v) is 4.09. The molecule has 1 aliphatic carbocycles. The number of hydrogen-bond donors (Lipinski definition) is 0. The molecule has 2 aliphatic rings. The van der Waals surface area contributed by atoms with Crippen molar-refractivity contribution in [3.8, 4) is 0 Å². The second kappa shape index (κ2) is 4.60. The van der Waals surface area contributed by atoms with Crippen LogP contribution in [0.1, 0.15) is 43.2 Å². The van der Waals surface area contributed by atoms with Gasteiger partial charge in [0, 0.05) is 24.9 Å². The largest absolute Gasteiger partial charge is 0.339 e. The molecule has 0 N–H and O–H groups in total. The minimum Gasteiger partial charge on any atom is -0.339 e. The summed E-state index contributed by atoms with van der Waals surface area (Å²) in [6, 6.07) is 8.91. The van der Waals surface area contributed by atoms with Crippen LogP contribution >= 0.6 is 0 Å². The van der Waals surface area contributed by atoms with Crippen molar-refractivity contribution in [1.82, 2.24) is 4.90 Å². The monoisotopic (exact) mass is 241 g/mol. The van der Waals surface area contributed by atoms with Gasteiger partial charge in [0.05, 0.1) is 0 Å². The quantitative estimate of drug-likeness (QED) is 0.795. The number of hydrogen-bond acceptors (Lipinski definition) is 1. The molecule has 2 nitrogen and oxygen atoms in total. The molecule has 3 rings (SSSR count). The number of nitrogens with zero attached hydrogens (tertiary/aromatic N) is 1. The average molecular weight is 241 g/mol. The lowest BCUT2D eigenvalue weighted by atomic mass is 9.91. The molecule has 18 heavy (non-hydrogen) atoms. The predicted octanol–water partition coefficient (Wildman–Crippen LogP) is 3.20. The highest BCUT2D eigenvalue weighted by Gasteiger charge is 2.37. The summed E-state index contributed by atoms with van der Waals surface area (Å²) in [7, 11) is 0. The molecule has 0 radical (unpaired) electrons. The van der Waals surface area contributed by atoms with E-state index < -0.39 is 0 Å². The van der Waals surface area contributed by atoms with Crippen molar-refractivity contribution in [2.45, 2.75) is 38.1 Å². The van der Waals surface area contributed by atoms with Crippen LogP contribution < -0.4 is 0 Å². The Morgan fingerprint density at radius 3 is 3.00 bits per heavy atom. The van der Waals surface area contributed by atoms with Crippen molar-refractivity contribution in [2.75, 3.05) is 6.54 Å². The zero-order valence-electron chi connectivity index (χ0n) is 10.8. The van der Waals surface area contributed by atoms with Crippen molar-refractivity contribution >= 4 is 12.0 Å². The third-order valence-electron chi connectivity index (χ3n) is 4.09. The first kappa shape index (κ1) is 11.5. The Morgan fingerprint density at radius 2 is 2.17 bits per heavy atom. The molecule has 1 heterocycles. The molecule has 1 aliphatic heterocycles. The van der Waals surface area contributed by atoms with Crippen molar-refractivity contribution in [3.05, 3.63) is 41.5 Å². The van der Waals surface area contributed by atoms with Crippen LogP contribution in [0.3, 0.4) is 0 Å². The molecule has 0 aromatic heterocycles. The average Bonchev–Trinajstić information content (AvgIpc) is 2.95. The minimum absolute atomic E-state index is 0.333. The first-order valence-electron chi connectivity index (χ1n) is 6.88. The van der Waals surface area contributed by atoms with Crippen molar-refractivity contribution in [2.24, 2.45) is 0 Å². The van der Waals surface area contributed by atoms with Crippen LogP contribution in [0.5, 0.6) is 0 Å². The van der Waals surface area contributed by atoms with Gasteiger partial charge in [-0.2, -0.15) is 0 Å². The van der Waals surface area contributed by atoms with Gasteiger partial charge in [-0.25, -0.2) is 0 Å². The van der Waals surface area contributed by atoms with E-state index in [0.717, 1.165) is 25.8 Å². The van der Waals surface area contributed by atoms with Crippen LogP contribution in [0, 0.1) is 0 Å². The fourth-order valence-electron chi connectivity index (χ4n) is 3.27. The maximum atomic E-state index is 11.9. The molecule has 1 amide bonds. The molecule has 94 valence electrons. The fourth-order valence-corrected chi connectivity index (χ4v) is 3.27. The van der Waals surface area contributed by atoms with E-state index in [1.165, 1.54) is 11.1 Å². The number of amides is 1. The Balaban J connectivity index is 1.88. The Bertz CT molecular complexity index is 492. The Hall–Kier alpha value is -1.57. The number of likely N-dealkylation sites (tertiary alicyclic amines) is 1. The van der Waals surface area contributed by atoms with Gasteiger partial charge in [0.15, 0.2) is 0 Å². The predicted molar refractivity (Wildman–Crippen MR) is 73.2 cm³/mol. The van der Waals surface area contributed by atoms with Crippen LogP contribution in [0.4, 0.5) is 0 Å². The molecule has 0 spiro atoms. The van der Waals surface area contributed by atoms with E-state index in [1.54, 1.807) is 0 Å². The van der Waals surface area contributed by atoms with Gasteiger partial charge in [0.1, 0.15) is 0 Å². The van der Waals surface area contributed by atoms with Crippen LogP contribution in [0.2, 0.25) is 0 Å². The molecule has 2 atom stereocenters. The third kappa shape index (κ3) is 1.76. The van der Waals surface area contributed by atoms with Crippen molar-refractivity contribution in [1.29, 1.82) is 0 Å². The lowest BCUT2D eigenvalue weighted by molar-refractivity contribution is -0.129. The summed E-state index contributed by atoms with van der Waals surface area (Å²) in [5.74, 6) is 0.735. The number of benzene rings is 1. The van der Waals surface area contributed by atoms with E-state index in [9.17, 15) is 4.79 Å². The SMILES string of the molecule is CCCN1C(=O)CCC1C1C=Cc2ccccc21. The summed E-state index contributed by atoms with van der Waals surface area (Å²) in [4.78, 5) is 14.0. The first-order chi connectivity index (χ1) is 8.81. The van der Waals surface area contributed by atoms with Gasteiger partial charge < -0.3 is 4.90 Å². The summed E-state index contributed by atoms with van der Waals surface area (Å²) >= 11 is 0. The Kier molecular flexibility index (Phi) is 2.94. The second-order valence-corrected chi connectivity index (χ2v) is 5.21. The number of carbonyl (C=O) groups excluding carboxylic acids is 1. The molecule has 1 aromatic carbocycles. The van der Waals surface area contributed by atoms with E-state index in [2.05, 4.69) is 48.2 Å². The van der Waals surface area contributed by atoms with Gasteiger partial charge >= 0.3 is 0 Å². The Morgan fingerprint density at radius 1 is 1.33 bits per heavy atom. The summed E-state index contributed by atoms with van der Waals surface area (Å²) in [5, 5.41) is 0. The summed E-state index contributed by atoms with van der Waals surface area (Å²) < 4.78 is 0. The lowest BCUT2D eigenvalue weighted by Gasteiger charge is -2.29.